The van der Waals surface area contributed by atoms with Crippen molar-refractivity contribution in [2.75, 3.05) is 7.11 Å². The van der Waals surface area contributed by atoms with Crippen molar-refractivity contribution in [3.63, 3.8) is 0 Å². The molecule has 0 radical (unpaired) electrons. The number of furan rings is 1. The first kappa shape index (κ1) is 25.8. The lowest BCUT2D eigenvalue weighted by Crippen LogP contribution is -2.20. The summed E-state index contributed by atoms with van der Waals surface area (Å²) in [4.78, 5) is 18.4. The van der Waals surface area contributed by atoms with E-state index in [0.717, 1.165) is 22.1 Å². The minimum atomic E-state index is -0.302. The molecule has 0 spiro atoms. The Morgan fingerprint density at radius 1 is 0.976 bits per heavy atom. The minimum Gasteiger partial charge on any atom is -0.493 e. The normalized spacial score (nSPS) is 11.3. The zero-order chi connectivity index (χ0) is 28.2. The second kappa shape index (κ2) is 11.4. The van der Waals surface area contributed by atoms with E-state index in [1.807, 2.05) is 84.9 Å². The molecule has 202 valence electrons. The second-order valence-electron chi connectivity index (χ2n) is 9.44. The summed E-state index contributed by atoms with van der Waals surface area (Å²) in [6.07, 6.45) is 3.98. The van der Waals surface area contributed by atoms with Gasteiger partial charge < -0.3 is 13.9 Å². The quantitative estimate of drug-likeness (QED) is 0.145. The highest BCUT2D eigenvalue weighted by atomic mass is 16.5. The molecular weight excluding hydrogens is 514 g/mol. The van der Waals surface area contributed by atoms with E-state index in [4.69, 9.17) is 18.9 Å². The maximum Gasteiger partial charge on any atom is 0.282 e. The smallest absolute Gasteiger partial charge is 0.282 e. The van der Waals surface area contributed by atoms with Crippen LogP contribution >= 0.6 is 0 Å². The van der Waals surface area contributed by atoms with Gasteiger partial charge in [0.1, 0.15) is 12.2 Å². The predicted molar refractivity (Wildman–Crippen MR) is 162 cm³/mol. The van der Waals surface area contributed by atoms with Crippen LogP contribution in [0, 0.1) is 0 Å². The lowest BCUT2D eigenvalue weighted by Gasteiger charge is -2.16. The Hall–Kier alpha value is -5.43. The van der Waals surface area contributed by atoms with E-state index in [1.165, 1.54) is 4.68 Å². The highest BCUT2D eigenvalue weighted by Crippen LogP contribution is 2.34. The average molecular weight is 542 g/mol. The van der Waals surface area contributed by atoms with Gasteiger partial charge in [0.2, 0.25) is 5.82 Å². The third-order valence-corrected chi connectivity index (χ3v) is 6.69. The largest absolute Gasteiger partial charge is 0.493 e. The van der Waals surface area contributed by atoms with Gasteiger partial charge in [-0.1, -0.05) is 66.7 Å². The fraction of sp³-hybridized carbons (Fsp3) is 0.0882. The molecule has 7 nitrogen and oxygen atoms in total. The summed E-state index contributed by atoms with van der Waals surface area (Å²) in [6.45, 7) is 4.30. The van der Waals surface area contributed by atoms with Gasteiger partial charge >= 0.3 is 0 Å². The van der Waals surface area contributed by atoms with Crippen LogP contribution in [0.4, 0.5) is 0 Å². The average Bonchev–Trinajstić information content (AvgIpc) is 3.45. The maximum atomic E-state index is 13.6. The number of benzene rings is 4. The third-order valence-electron chi connectivity index (χ3n) is 6.69. The van der Waals surface area contributed by atoms with E-state index < -0.39 is 0 Å². The number of para-hydroxylation sites is 2. The van der Waals surface area contributed by atoms with Crippen molar-refractivity contribution in [2.24, 2.45) is 5.10 Å². The van der Waals surface area contributed by atoms with Crippen LogP contribution < -0.4 is 15.0 Å². The highest BCUT2D eigenvalue weighted by Gasteiger charge is 2.17. The topological polar surface area (TPSA) is 78.9 Å². The molecule has 0 amide bonds. The first-order chi connectivity index (χ1) is 20.1. The summed E-state index contributed by atoms with van der Waals surface area (Å²) >= 11 is 0. The fourth-order valence-corrected chi connectivity index (χ4v) is 4.72. The van der Waals surface area contributed by atoms with E-state index in [0.29, 0.717) is 52.6 Å². The van der Waals surface area contributed by atoms with Crippen molar-refractivity contribution in [3.05, 3.63) is 137 Å². The van der Waals surface area contributed by atoms with Crippen molar-refractivity contribution in [1.29, 1.82) is 0 Å². The van der Waals surface area contributed by atoms with Gasteiger partial charge in [0.15, 0.2) is 17.3 Å². The molecule has 6 aromatic rings. The molecule has 0 aliphatic carbocycles. The van der Waals surface area contributed by atoms with E-state index in [-0.39, 0.29) is 5.56 Å². The summed E-state index contributed by atoms with van der Waals surface area (Å²) in [7, 11) is 1.60. The Morgan fingerprint density at radius 2 is 1.76 bits per heavy atom. The van der Waals surface area contributed by atoms with E-state index in [1.54, 1.807) is 31.5 Å². The molecule has 0 fully saturated rings. The first-order valence-corrected chi connectivity index (χ1v) is 13.2. The maximum absolute atomic E-state index is 13.6. The monoisotopic (exact) mass is 541 g/mol. The van der Waals surface area contributed by atoms with Crippen molar-refractivity contribution >= 4 is 28.1 Å². The Kier molecular flexibility index (Phi) is 7.15. The Bertz CT molecular complexity index is 1920. The van der Waals surface area contributed by atoms with Crippen molar-refractivity contribution < 1.29 is 13.9 Å². The summed E-state index contributed by atoms with van der Waals surface area (Å²) in [6, 6.07) is 30.4. The summed E-state index contributed by atoms with van der Waals surface area (Å²) < 4.78 is 19.2. The van der Waals surface area contributed by atoms with E-state index in [2.05, 4.69) is 11.7 Å². The molecule has 0 atom stereocenters. The zero-order valence-electron chi connectivity index (χ0n) is 22.5. The number of methoxy groups -OCH3 is 1. The van der Waals surface area contributed by atoms with Gasteiger partial charge in [0.25, 0.3) is 5.56 Å². The number of nitrogens with zero attached hydrogens (tertiary/aromatic N) is 3. The minimum absolute atomic E-state index is 0.302. The molecule has 2 heterocycles. The van der Waals surface area contributed by atoms with Crippen molar-refractivity contribution in [3.8, 4) is 23.1 Å². The third kappa shape index (κ3) is 5.25. The van der Waals surface area contributed by atoms with Crippen LogP contribution in [-0.2, 0) is 13.0 Å². The van der Waals surface area contributed by atoms with Gasteiger partial charge in [0.05, 0.1) is 24.2 Å². The zero-order valence-corrected chi connectivity index (χ0v) is 22.5. The molecule has 0 bridgehead atoms. The lowest BCUT2D eigenvalue weighted by molar-refractivity contribution is 0.282. The van der Waals surface area contributed by atoms with Crippen LogP contribution in [0.2, 0.25) is 0 Å². The lowest BCUT2D eigenvalue weighted by atomic mass is 10.1. The van der Waals surface area contributed by atoms with E-state index >= 15 is 0 Å². The molecule has 7 heteroatoms. The van der Waals surface area contributed by atoms with Gasteiger partial charge in [-0.05, 0) is 53.9 Å². The van der Waals surface area contributed by atoms with Crippen molar-refractivity contribution in [2.45, 2.75) is 13.0 Å². The summed E-state index contributed by atoms with van der Waals surface area (Å²) in [5, 5.41) is 5.97. The van der Waals surface area contributed by atoms with Crippen LogP contribution in [-0.4, -0.2) is 23.0 Å². The SMILES string of the molecule is C=CCc1cc(C=Nn2c(-c3cc4ccccc4o3)nc3ccccc3c2=O)cc(OC)c1OCc1ccccc1. The van der Waals surface area contributed by atoms with Gasteiger partial charge in [0, 0.05) is 10.9 Å². The standard InChI is InChI=1S/C34H27N3O4/c1-3-11-26-18-24(19-30(39-2)32(26)40-22-23-12-5-4-6-13-23)21-35-37-33(31-20-25-14-7-10-17-29(25)41-31)36-28-16-9-8-15-27(28)34(37)38/h3-10,12-21H,1,11,22H2,2H3. The number of ether oxygens (including phenoxy) is 2. The van der Waals surface area contributed by atoms with Gasteiger partial charge in [-0.2, -0.15) is 9.78 Å². The second-order valence-corrected chi connectivity index (χ2v) is 9.44. The van der Waals surface area contributed by atoms with Crippen LogP contribution in [0.3, 0.4) is 0 Å². The summed E-state index contributed by atoms with van der Waals surface area (Å²) in [5.74, 6) is 1.95. The molecule has 0 aliphatic heterocycles. The molecular formula is C34H27N3O4. The number of rotatable bonds is 9. The Balaban J connectivity index is 1.43. The van der Waals surface area contributed by atoms with Crippen molar-refractivity contribution in [1.82, 2.24) is 9.66 Å². The fourth-order valence-electron chi connectivity index (χ4n) is 4.72. The highest BCUT2D eigenvalue weighted by molar-refractivity contribution is 5.85. The molecule has 0 saturated heterocycles. The number of hydrogen-bond acceptors (Lipinski definition) is 6. The molecule has 0 aliphatic rings. The summed E-state index contributed by atoms with van der Waals surface area (Å²) in [5.41, 5.74) is 3.62. The molecule has 0 unspecified atom stereocenters. The van der Waals surface area contributed by atoms with Gasteiger partial charge in [-0.3, -0.25) is 4.79 Å². The Labute approximate surface area is 236 Å². The number of hydrogen-bond donors (Lipinski definition) is 0. The van der Waals surface area contributed by atoms with Crippen LogP contribution in [0.25, 0.3) is 33.5 Å². The number of allylic oxidation sites excluding steroid dienone is 1. The number of fused-ring (bicyclic) bond motifs is 2. The molecule has 2 aromatic heterocycles. The van der Waals surface area contributed by atoms with Gasteiger partial charge in [-0.15, -0.1) is 6.58 Å². The van der Waals surface area contributed by atoms with Crippen LogP contribution in [0.15, 0.2) is 124 Å². The molecule has 6 rings (SSSR count). The van der Waals surface area contributed by atoms with E-state index in [9.17, 15) is 4.79 Å². The number of aromatic nitrogens is 2. The van der Waals surface area contributed by atoms with Crippen LogP contribution in [0.1, 0.15) is 16.7 Å². The Morgan fingerprint density at radius 3 is 2.56 bits per heavy atom. The molecule has 0 N–H and O–H groups in total. The predicted octanol–water partition coefficient (Wildman–Crippen LogP) is 7.01. The molecule has 0 saturated carbocycles. The molecule has 4 aromatic carbocycles. The first-order valence-electron chi connectivity index (χ1n) is 13.2. The molecule has 41 heavy (non-hydrogen) atoms. The van der Waals surface area contributed by atoms with Crippen LogP contribution in [0.5, 0.6) is 11.5 Å². The van der Waals surface area contributed by atoms with Gasteiger partial charge in [-0.25, -0.2) is 4.98 Å².